The summed E-state index contributed by atoms with van der Waals surface area (Å²) in [7, 11) is 0. The molecule has 7 nitrogen and oxygen atoms in total. The normalized spacial score (nSPS) is 36.2. The van der Waals surface area contributed by atoms with Crippen molar-refractivity contribution in [2.75, 3.05) is 6.61 Å². The Morgan fingerprint density at radius 1 is 1.36 bits per heavy atom. The van der Waals surface area contributed by atoms with E-state index in [1.54, 1.807) is 12.2 Å². The highest BCUT2D eigenvalue weighted by atomic mass is 16.6. The minimum atomic E-state index is -0.755. The fraction of sp³-hybridized carbons (Fsp3) is 0.476. The van der Waals surface area contributed by atoms with Gasteiger partial charge in [0.15, 0.2) is 0 Å². The highest BCUT2D eigenvalue weighted by Gasteiger charge is 2.62. The van der Waals surface area contributed by atoms with E-state index < -0.39 is 54.2 Å². The first kappa shape index (κ1) is 20.1. The molecular weight excluding hydrogens is 364 g/mol. The zero-order valence-electron chi connectivity index (χ0n) is 16.0. The second kappa shape index (κ2) is 7.05. The molecule has 0 amide bonds. The second-order valence-corrected chi connectivity index (χ2v) is 7.78. The maximum atomic E-state index is 12.3. The van der Waals surface area contributed by atoms with Crippen molar-refractivity contribution in [3.05, 3.63) is 48.6 Å². The summed E-state index contributed by atoms with van der Waals surface area (Å²) in [6.07, 6.45) is 1.81. The molecule has 2 aliphatic carbocycles. The minimum absolute atomic E-state index is 0.0934. The smallest absolute Gasteiger partial charge is 0.336 e. The number of fused-ring (bicyclic) bond motifs is 3. The number of rotatable bonds is 4. The summed E-state index contributed by atoms with van der Waals surface area (Å²) in [5, 5.41) is 9.16. The van der Waals surface area contributed by atoms with E-state index in [1.165, 1.54) is 6.92 Å². The van der Waals surface area contributed by atoms with Crippen LogP contribution in [0.5, 0.6) is 0 Å². The van der Waals surface area contributed by atoms with Gasteiger partial charge in [-0.2, -0.15) is 0 Å². The quantitative estimate of drug-likeness (QED) is 0.444. The van der Waals surface area contributed by atoms with E-state index in [0.29, 0.717) is 6.42 Å². The lowest BCUT2D eigenvalue weighted by atomic mass is 9.55. The number of carbonyl (C=O) groups excluding carboxylic acids is 3. The Bertz CT molecular complexity index is 808. The third-order valence-corrected chi connectivity index (χ3v) is 5.91. The van der Waals surface area contributed by atoms with Crippen LogP contribution >= 0.6 is 0 Å². The van der Waals surface area contributed by atoms with Gasteiger partial charge in [-0.15, -0.1) is 0 Å². The molecule has 0 radical (unpaired) electrons. The third kappa shape index (κ3) is 3.09. The summed E-state index contributed by atoms with van der Waals surface area (Å²) in [5.74, 6) is -2.63. The van der Waals surface area contributed by atoms with Crippen molar-refractivity contribution in [2.24, 2.45) is 17.3 Å². The van der Waals surface area contributed by atoms with Crippen LogP contribution in [0.4, 0.5) is 0 Å². The minimum Gasteiger partial charge on any atom is -0.458 e. The molecule has 2 fully saturated rings. The molecule has 0 aromatic rings. The number of hydrogen-bond acceptors (Lipinski definition) is 7. The SMILES string of the molecule is C=C(CO)C(=O)OC1CC2(C)C(OC(C)=O)C=CC(=C)C2C2OC(=O)C(=C)C12. The largest absolute Gasteiger partial charge is 0.458 e. The maximum Gasteiger partial charge on any atom is 0.336 e. The zero-order valence-corrected chi connectivity index (χ0v) is 16.0. The molecule has 0 aromatic carbocycles. The Balaban J connectivity index is 2.02. The van der Waals surface area contributed by atoms with Crippen molar-refractivity contribution < 1.29 is 33.7 Å². The van der Waals surface area contributed by atoms with Gasteiger partial charge in [0.25, 0.3) is 0 Å². The van der Waals surface area contributed by atoms with Gasteiger partial charge in [-0.1, -0.05) is 32.7 Å². The lowest BCUT2D eigenvalue weighted by molar-refractivity contribution is -0.178. The first-order valence-electron chi connectivity index (χ1n) is 9.03. The van der Waals surface area contributed by atoms with Crippen molar-refractivity contribution in [2.45, 2.75) is 38.6 Å². The first-order valence-corrected chi connectivity index (χ1v) is 9.03. The van der Waals surface area contributed by atoms with Gasteiger partial charge in [-0.25, -0.2) is 9.59 Å². The number of hydrogen-bond donors (Lipinski definition) is 1. The molecule has 1 heterocycles. The van der Waals surface area contributed by atoms with Crippen LogP contribution in [0.15, 0.2) is 48.6 Å². The Morgan fingerprint density at radius 3 is 2.64 bits per heavy atom. The maximum absolute atomic E-state index is 12.3. The molecule has 0 bridgehead atoms. The summed E-state index contributed by atoms with van der Waals surface area (Å²) in [6, 6.07) is 0. The van der Waals surface area contributed by atoms with Crippen LogP contribution in [0, 0.1) is 17.3 Å². The van der Waals surface area contributed by atoms with E-state index >= 15 is 0 Å². The number of ether oxygens (including phenoxy) is 3. The molecule has 150 valence electrons. The highest BCUT2D eigenvalue weighted by Crippen LogP contribution is 2.57. The van der Waals surface area contributed by atoms with E-state index in [4.69, 9.17) is 19.3 Å². The predicted molar refractivity (Wildman–Crippen MR) is 98.7 cm³/mol. The molecule has 1 saturated heterocycles. The molecule has 6 unspecified atom stereocenters. The van der Waals surface area contributed by atoms with Crippen LogP contribution in [-0.2, 0) is 28.6 Å². The molecule has 1 aliphatic heterocycles. The van der Waals surface area contributed by atoms with Crippen molar-refractivity contribution in [3.63, 3.8) is 0 Å². The van der Waals surface area contributed by atoms with E-state index in [2.05, 4.69) is 19.7 Å². The van der Waals surface area contributed by atoms with Crippen molar-refractivity contribution >= 4 is 17.9 Å². The Hall–Kier alpha value is -2.67. The Kier molecular flexibility index (Phi) is 5.06. The van der Waals surface area contributed by atoms with E-state index in [1.807, 2.05) is 6.92 Å². The number of aliphatic hydroxyl groups is 1. The van der Waals surface area contributed by atoms with Gasteiger partial charge in [0, 0.05) is 23.8 Å². The molecule has 1 saturated carbocycles. The van der Waals surface area contributed by atoms with Gasteiger partial charge in [0.1, 0.15) is 18.3 Å². The fourth-order valence-corrected chi connectivity index (χ4v) is 4.60. The summed E-state index contributed by atoms with van der Waals surface area (Å²) in [5.41, 5.74) is 0.165. The molecule has 7 heteroatoms. The molecule has 6 atom stereocenters. The molecule has 28 heavy (non-hydrogen) atoms. The van der Waals surface area contributed by atoms with Gasteiger partial charge in [-0.3, -0.25) is 4.79 Å². The monoisotopic (exact) mass is 388 g/mol. The Labute approximate surface area is 163 Å². The van der Waals surface area contributed by atoms with Crippen molar-refractivity contribution in [1.29, 1.82) is 0 Å². The van der Waals surface area contributed by atoms with Gasteiger partial charge < -0.3 is 19.3 Å². The van der Waals surface area contributed by atoms with Crippen molar-refractivity contribution in [3.8, 4) is 0 Å². The fourth-order valence-electron chi connectivity index (χ4n) is 4.60. The molecular formula is C21H24O7. The lowest BCUT2D eigenvalue weighted by Gasteiger charge is -2.53. The molecule has 1 N–H and O–H groups in total. The van der Waals surface area contributed by atoms with Gasteiger partial charge in [0.05, 0.1) is 18.1 Å². The van der Waals surface area contributed by atoms with Crippen LogP contribution in [0.2, 0.25) is 0 Å². The predicted octanol–water partition coefficient (Wildman–Crippen LogP) is 1.63. The number of aliphatic hydroxyl groups excluding tert-OH is 1. The van der Waals surface area contributed by atoms with E-state index in [9.17, 15) is 14.4 Å². The van der Waals surface area contributed by atoms with Crippen LogP contribution in [0.25, 0.3) is 0 Å². The van der Waals surface area contributed by atoms with E-state index in [0.717, 1.165) is 5.57 Å². The van der Waals surface area contributed by atoms with Crippen LogP contribution in [-0.4, -0.2) is 47.9 Å². The number of carbonyl (C=O) groups is 3. The second-order valence-electron chi connectivity index (χ2n) is 7.78. The molecule has 0 aromatic heterocycles. The van der Waals surface area contributed by atoms with Crippen LogP contribution < -0.4 is 0 Å². The zero-order chi connectivity index (χ0) is 20.8. The number of esters is 3. The number of allylic oxidation sites excluding steroid dienone is 1. The standard InChI is InChI=1S/C21H24O7/c1-10-6-7-15(26-13(4)23)21(5)8-14(27-19(24)11(2)9-22)16-12(3)20(25)28-18(16)17(10)21/h6-7,14-18,22H,1-3,8-9H2,4-5H3. The molecule has 3 rings (SSSR count). The van der Waals surface area contributed by atoms with Crippen molar-refractivity contribution in [1.82, 2.24) is 0 Å². The summed E-state index contributed by atoms with van der Waals surface area (Å²) in [6.45, 7) is 14.1. The first-order chi connectivity index (χ1) is 13.1. The third-order valence-electron chi connectivity index (χ3n) is 5.91. The summed E-state index contributed by atoms with van der Waals surface area (Å²) in [4.78, 5) is 36.1. The van der Waals surface area contributed by atoms with Gasteiger partial charge >= 0.3 is 17.9 Å². The summed E-state index contributed by atoms with van der Waals surface area (Å²) >= 11 is 0. The van der Waals surface area contributed by atoms with Crippen LogP contribution in [0.1, 0.15) is 20.3 Å². The van der Waals surface area contributed by atoms with Gasteiger partial charge in [0.2, 0.25) is 0 Å². The van der Waals surface area contributed by atoms with Gasteiger partial charge in [-0.05, 0) is 18.1 Å². The summed E-state index contributed by atoms with van der Waals surface area (Å²) < 4.78 is 16.7. The highest BCUT2D eigenvalue weighted by molar-refractivity contribution is 5.92. The van der Waals surface area contributed by atoms with E-state index in [-0.39, 0.29) is 17.1 Å². The Morgan fingerprint density at radius 2 is 2.04 bits per heavy atom. The average molecular weight is 388 g/mol. The average Bonchev–Trinajstić information content (AvgIpc) is 2.91. The lowest BCUT2D eigenvalue weighted by Crippen LogP contribution is -2.57. The topological polar surface area (TPSA) is 99.1 Å². The molecule has 3 aliphatic rings. The van der Waals surface area contributed by atoms with Crippen LogP contribution in [0.3, 0.4) is 0 Å². The molecule has 0 spiro atoms.